The standard InChI is InChI=1S/2C12H24O2.2C10H20O2.C8H16O2/c1-5-7-8-11(6-2)12-13-9(3)10(4)14-12;1-4-5-6-7-8-9-12-13-10(2)11(3)14-12;1-5-9(6-2)10-11-7(3)8(4)12-10;1-4-5-6-7-10-11-8(2)9(3)12-10;1-4-5-8-9-6(2)7(3)10-8/h9-12H,5-8H2,1-4H3;10-12H,4-9H2,1-3H3;7-10H,5-6H2,1-4H3;8-10H,4-7H2,1-3H3;6-8H,4-5H2,1-3H3. The summed E-state index contributed by atoms with van der Waals surface area (Å²) < 4.78 is 56.5. The summed E-state index contributed by atoms with van der Waals surface area (Å²) in [5.41, 5.74) is 0. The van der Waals surface area contributed by atoms with Gasteiger partial charge in [0.1, 0.15) is 0 Å². The third-order valence-corrected chi connectivity index (χ3v) is 13.3. The lowest BCUT2D eigenvalue weighted by molar-refractivity contribution is -0.104. The van der Waals surface area contributed by atoms with Gasteiger partial charge in [-0.05, 0) is 127 Å². The molecule has 5 aliphatic rings. The van der Waals surface area contributed by atoms with Crippen LogP contribution in [-0.4, -0.2) is 92.5 Å². The molecule has 62 heavy (non-hydrogen) atoms. The molecule has 0 amide bonds. The Labute approximate surface area is 383 Å². The zero-order valence-electron chi connectivity index (χ0n) is 43.6. The first-order valence-corrected chi connectivity index (χ1v) is 26.1. The van der Waals surface area contributed by atoms with Crippen LogP contribution in [0.4, 0.5) is 0 Å². The van der Waals surface area contributed by atoms with E-state index >= 15 is 0 Å². The molecule has 5 rings (SSSR count). The first-order valence-electron chi connectivity index (χ1n) is 26.1. The van der Waals surface area contributed by atoms with Crippen molar-refractivity contribution in [1.82, 2.24) is 0 Å². The molecular weight excluding hydrogens is 785 g/mol. The van der Waals surface area contributed by atoms with Crippen LogP contribution in [0.2, 0.25) is 0 Å². The van der Waals surface area contributed by atoms with Crippen LogP contribution in [0.3, 0.4) is 0 Å². The molecule has 0 bridgehead atoms. The maximum absolute atomic E-state index is 5.80. The average Bonchev–Trinajstić information content (AvgIpc) is 4.03. The highest BCUT2D eigenvalue weighted by atomic mass is 16.7. The molecule has 0 saturated carbocycles. The quantitative estimate of drug-likeness (QED) is 0.110. The zero-order chi connectivity index (χ0) is 46.6. The van der Waals surface area contributed by atoms with Crippen LogP contribution >= 0.6 is 0 Å². The van der Waals surface area contributed by atoms with Crippen molar-refractivity contribution in [3.8, 4) is 0 Å². The SMILES string of the molecule is CCC(CC)C1OC(C)C(C)O1.CCCC1OC(C)C(C)O1.CCCCC(CC)C1OC(C)C(C)O1.CCCCCC1OC(C)C(C)O1.CCCCCCCC1OC(C)C(C)O1. The highest BCUT2D eigenvalue weighted by Gasteiger charge is 2.35. The van der Waals surface area contributed by atoms with Gasteiger partial charge in [-0.1, -0.05) is 106 Å². The maximum atomic E-state index is 5.80. The van der Waals surface area contributed by atoms with Crippen LogP contribution in [-0.2, 0) is 47.4 Å². The fraction of sp³-hybridized carbons (Fsp3) is 1.00. The monoisotopic (exact) mass is 889 g/mol. The average molecular weight is 889 g/mol. The zero-order valence-corrected chi connectivity index (χ0v) is 43.6. The van der Waals surface area contributed by atoms with Crippen molar-refractivity contribution < 1.29 is 47.4 Å². The van der Waals surface area contributed by atoms with Gasteiger partial charge in [0.2, 0.25) is 0 Å². The van der Waals surface area contributed by atoms with E-state index in [-0.39, 0.29) is 92.5 Å². The predicted octanol–water partition coefficient (Wildman–Crippen LogP) is 14.1. The summed E-state index contributed by atoms with van der Waals surface area (Å²) in [5, 5.41) is 0. The second kappa shape index (κ2) is 34.8. The van der Waals surface area contributed by atoms with E-state index in [4.69, 9.17) is 47.4 Å². The molecule has 11 unspecified atom stereocenters. The second-order valence-corrected chi connectivity index (χ2v) is 18.8. The molecule has 0 spiro atoms. The van der Waals surface area contributed by atoms with Crippen molar-refractivity contribution in [2.45, 2.75) is 326 Å². The van der Waals surface area contributed by atoms with E-state index in [0.717, 1.165) is 44.9 Å². The Morgan fingerprint density at radius 2 is 0.548 bits per heavy atom. The lowest BCUT2D eigenvalue weighted by Gasteiger charge is -2.20. The Bertz CT molecular complexity index is 982. The van der Waals surface area contributed by atoms with Gasteiger partial charge in [0.25, 0.3) is 0 Å². The van der Waals surface area contributed by atoms with Crippen LogP contribution in [0.5, 0.6) is 0 Å². The molecule has 0 aromatic carbocycles. The van der Waals surface area contributed by atoms with Crippen LogP contribution in [0.15, 0.2) is 0 Å². The number of hydrogen-bond donors (Lipinski definition) is 0. The highest BCUT2D eigenvalue weighted by molar-refractivity contribution is 4.75. The fourth-order valence-corrected chi connectivity index (χ4v) is 7.79. The molecule has 0 aliphatic carbocycles. The molecule has 0 aromatic heterocycles. The molecule has 10 heteroatoms. The van der Waals surface area contributed by atoms with Crippen molar-refractivity contribution in [2.24, 2.45) is 11.8 Å². The Kier molecular flexibility index (Phi) is 33.5. The minimum absolute atomic E-state index is 0.0463. The number of ether oxygens (including phenoxy) is 10. The van der Waals surface area contributed by atoms with Gasteiger partial charge in [0.05, 0.1) is 61.0 Å². The summed E-state index contributed by atoms with van der Waals surface area (Å²) in [5.74, 6) is 1.15. The van der Waals surface area contributed by atoms with Crippen molar-refractivity contribution >= 4 is 0 Å². The van der Waals surface area contributed by atoms with E-state index in [1.54, 1.807) is 0 Å². The molecule has 0 aromatic rings. The van der Waals surface area contributed by atoms with Crippen molar-refractivity contribution in [1.29, 1.82) is 0 Å². The van der Waals surface area contributed by atoms with Crippen LogP contribution < -0.4 is 0 Å². The molecule has 372 valence electrons. The number of hydrogen-bond acceptors (Lipinski definition) is 10. The smallest absolute Gasteiger partial charge is 0.161 e. The summed E-state index contributed by atoms with van der Waals surface area (Å²) in [6.45, 7) is 36.2. The molecule has 5 saturated heterocycles. The second-order valence-electron chi connectivity index (χ2n) is 18.8. The molecular formula is C52H104O10. The number of unbranched alkanes of at least 4 members (excludes halogenated alkanes) is 7. The minimum Gasteiger partial charge on any atom is -0.347 e. The lowest BCUT2D eigenvalue weighted by atomic mass is 9.99. The summed E-state index contributed by atoms with van der Waals surface area (Å²) in [4.78, 5) is 0. The van der Waals surface area contributed by atoms with Crippen LogP contribution in [0, 0.1) is 11.8 Å². The Balaban J connectivity index is 0.000000389. The minimum atomic E-state index is 0.0463. The summed E-state index contributed by atoms with van der Waals surface area (Å²) in [6, 6.07) is 0. The van der Waals surface area contributed by atoms with Crippen molar-refractivity contribution in [3.05, 3.63) is 0 Å². The van der Waals surface area contributed by atoms with E-state index in [9.17, 15) is 0 Å². The summed E-state index contributed by atoms with van der Waals surface area (Å²) in [6.07, 6.45) is 24.8. The van der Waals surface area contributed by atoms with Gasteiger partial charge in [-0.15, -0.1) is 0 Å². The van der Waals surface area contributed by atoms with E-state index in [1.165, 1.54) is 70.6 Å². The first kappa shape index (κ1) is 59.6. The summed E-state index contributed by atoms with van der Waals surface area (Å²) in [7, 11) is 0. The van der Waals surface area contributed by atoms with Gasteiger partial charge >= 0.3 is 0 Å². The van der Waals surface area contributed by atoms with E-state index in [2.05, 4.69) is 118 Å². The van der Waals surface area contributed by atoms with E-state index in [0.29, 0.717) is 11.8 Å². The molecule has 10 nitrogen and oxygen atoms in total. The van der Waals surface area contributed by atoms with Gasteiger partial charge in [0.15, 0.2) is 31.5 Å². The topological polar surface area (TPSA) is 92.3 Å². The highest BCUT2D eigenvalue weighted by Crippen LogP contribution is 2.30. The molecule has 0 N–H and O–H groups in total. The lowest BCUT2D eigenvalue weighted by Crippen LogP contribution is -2.21. The summed E-state index contributed by atoms with van der Waals surface area (Å²) >= 11 is 0. The fourth-order valence-electron chi connectivity index (χ4n) is 7.79. The molecule has 5 fully saturated rings. The maximum Gasteiger partial charge on any atom is 0.161 e. The normalized spacial score (nSPS) is 35.6. The predicted molar refractivity (Wildman–Crippen MR) is 254 cm³/mol. The first-order chi connectivity index (χ1) is 29.6. The molecule has 11 atom stereocenters. The van der Waals surface area contributed by atoms with E-state index in [1.807, 2.05) is 0 Å². The largest absolute Gasteiger partial charge is 0.347 e. The van der Waals surface area contributed by atoms with Gasteiger partial charge < -0.3 is 47.4 Å². The Morgan fingerprint density at radius 1 is 0.274 bits per heavy atom. The van der Waals surface area contributed by atoms with Crippen molar-refractivity contribution in [3.63, 3.8) is 0 Å². The Morgan fingerprint density at radius 3 is 0.871 bits per heavy atom. The van der Waals surface area contributed by atoms with Gasteiger partial charge in [-0.2, -0.15) is 0 Å². The van der Waals surface area contributed by atoms with Crippen LogP contribution in [0.1, 0.15) is 233 Å². The third-order valence-electron chi connectivity index (χ3n) is 13.3. The molecule has 5 aliphatic heterocycles. The van der Waals surface area contributed by atoms with E-state index < -0.39 is 0 Å². The van der Waals surface area contributed by atoms with Crippen molar-refractivity contribution in [2.75, 3.05) is 0 Å². The van der Waals surface area contributed by atoms with Gasteiger partial charge in [0, 0.05) is 11.8 Å². The Hall–Kier alpha value is -0.400. The third kappa shape index (κ3) is 23.9. The number of rotatable bonds is 20. The van der Waals surface area contributed by atoms with Gasteiger partial charge in [-0.25, -0.2) is 0 Å². The van der Waals surface area contributed by atoms with Crippen LogP contribution in [0.25, 0.3) is 0 Å². The molecule has 5 heterocycles. The van der Waals surface area contributed by atoms with Gasteiger partial charge in [-0.3, -0.25) is 0 Å². The molecule has 0 radical (unpaired) electrons.